The predicted octanol–water partition coefficient (Wildman–Crippen LogP) is 5.38. The van der Waals surface area contributed by atoms with Gasteiger partial charge in [-0.15, -0.1) is 0 Å². The number of anilines is 1. The monoisotopic (exact) mass is 332 g/mol. The van der Waals surface area contributed by atoms with E-state index in [0.717, 1.165) is 22.8 Å². The Kier molecular flexibility index (Phi) is 4.56. The van der Waals surface area contributed by atoms with E-state index < -0.39 is 0 Å². The molecule has 1 fully saturated rings. The second kappa shape index (κ2) is 6.57. The molecule has 1 saturated carbocycles. The van der Waals surface area contributed by atoms with Gasteiger partial charge >= 0.3 is 0 Å². The van der Waals surface area contributed by atoms with E-state index in [1.807, 2.05) is 6.20 Å². The summed E-state index contributed by atoms with van der Waals surface area (Å²) in [6.45, 7) is 1.02. The van der Waals surface area contributed by atoms with Crippen LogP contribution >= 0.6 is 15.9 Å². The van der Waals surface area contributed by atoms with Crippen LogP contribution in [-0.2, 0) is 0 Å². The first-order chi connectivity index (χ1) is 9.84. The first kappa shape index (κ1) is 13.9. The van der Waals surface area contributed by atoms with Crippen molar-refractivity contribution in [1.29, 1.82) is 0 Å². The number of rotatable bonds is 5. The van der Waals surface area contributed by atoms with E-state index in [4.69, 9.17) is 0 Å². The van der Waals surface area contributed by atoms with Crippen molar-refractivity contribution in [2.24, 2.45) is 5.92 Å². The zero-order chi connectivity index (χ0) is 13.8. The topological polar surface area (TPSA) is 24.9 Å². The fourth-order valence-corrected chi connectivity index (χ4v) is 3.70. The van der Waals surface area contributed by atoms with Gasteiger partial charge in [0.15, 0.2) is 0 Å². The zero-order valence-corrected chi connectivity index (χ0v) is 13.3. The molecular formula is C17H21BrN2. The van der Waals surface area contributed by atoms with E-state index in [0.29, 0.717) is 0 Å². The number of pyridine rings is 1. The van der Waals surface area contributed by atoms with Crippen molar-refractivity contribution in [2.75, 3.05) is 11.9 Å². The Bertz CT molecular complexity index is 576. The highest BCUT2D eigenvalue weighted by molar-refractivity contribution is 9.10. The van der Waals surface area contributed by atoms with Gasteiger partial charge < -0.3 is 5.32 Å². The lowest BCUT2D eigenvalue weighted by Gasteiger charge is -2.11. The van der Waals surface area contributed by atoms with Gasteiger partial charge in [0.25, 0.3) is 0 Å². The van der Waals surface area contributed by atoms with Crippen LogP contribution in [0.25, 0.3) is 10.8 Å². The van der Waals surface area contributed by atoms with Crippen LogP contribution in [0.3, 0.4) is 0 Å². The number of halogens is 1. The van der Waals surface area contributed by atoms with Gasteiger partial charge in [-0.3, -0.25) is 0 Å². The Morgan fingerprint density at radius 1 is 1.15 bits per heavy atom. The first-order valence-electron chi connectivity index (χ1n) is 7.62. The normalized spacial score (nSPS) is 15.8. The Balaban J connectivity index is 1.61. The maximum absolute atomic E-state index is 4.49. The molecule has 1 aliphatic rings. The van der Waals surface area contributed by atoms with Crippen LogP contribution in [0.5, 0.6) is 0 Å². The van der Waals surface area contributed by atoms with E-state index >= 15 is 0 Å². The van der Waals surface area contributed by atoms with E-state index in [2.05, 4.69) is 50.5 Å². The van der Waals surface area contributed by atoms with Crippen LogP contribution in [0.4, 0.5) is 5.82 Å². The molecule has 3 heteroatoms. The smallest absolute Gasteiger partial charge is 0.133 e. The van der Waals surface area contributed by atoms with E-state index in [-0.39, 0.29) is 0 Å². The lowest BCUT2D eigenvalue weighted by molar-refractivity contribution is 0.491. The highest BCUT2D eigenvalue weighted by Gasteiger charge is 2.14. The van der Waals surface area contributed by atoms with Crippen LogP contribution in [0.1, 0.15) is 38.5 Å². The summed E-state index contributed by atoms with van der Waals surface area (Å²) in [5.74, 6) is 1.99. The molecule has 0 spiro atoms. The maximum Gasteiger partial charge on any atom is 0.133 e. The minimum absolute atomic E-state index is 0.978. The molecule has 1 aliphatic carbocycles. The van der Waals surface area contributed by atoms with Gasteiger partial charge in [-0.2, -0.15) is 0 Å². The van der Waals surface area contributed by atoms with Crippen molar-refractivity contribution < 1.29 is 0 Å². The fourth-order valence-electron chi connectivity index (χ4n) is 3.21. The summed E-state index contributed by atoms with van der Waals surface area (Å²) in [7, 11) is 0. The average Bonchev–Trinajstić information content (AvgIpc) is 2.98. The van der Waals surface area contributed by atoms with Crippen LogP contribution < -0.4 is 5.32 Å². The van der Waals surface area contributed by atoms with Crippen molar-refractivity contribution in [1.82, 2.24) is 4.98 Å². The largest absolute Gasteiger partial charge is 0.370 e. The minimum Gasteiger partial charge on any atom is -0.370 e. The van der Waals surface area contributed by atoms with Crippen molar-refractivity contribution in [3.05, 3.63) is 34.9 Å². The summed E-state index contributed by atoms with van der Waals surface area (Å²) in [6, 6.07) is 8.33. The average molecular weight is 333 g/mol. The molecule has 1 heterocycles. The van der Waals surface area contributed by atoms with Gasteiger partial charge in [-0.1, -0.05) is 53.7 Å². The summed E-state index contributed by atoms with van der Waals surface area (Å²) in [6.07, 6.45) is 10.3. The second-order valence-electron chi connectivity index (χ2n) is 5.71. The summed E-state index contributed by atoms with van der Waals surface area (Å²) < 4.78 is 1.13. The Labute approximate surface area is 129 Å². The molecule has 0 saturated heterocycles. The van der Waals surface area contributed by atoms with Crippen LogP contribution in [0.2, 0.25) is 0 Å². The van der Waals surface area contributed by atoms with Gasteiger partial charge in [0.2, 0.25) is 0 Å². The lowest BCUT2D eigenvalue weighted by Crippen LogP contribution is -2.05. The molecule has 2 nitrogen and oxygen atoms in total. The molecule has 2 aromatic rings. The molecule has 0 radical (unpaired) electrons. The van der Waals surface area contributed by atoms with Gasteiger partial charge in [0.05, 0.1) is 0 Å². The number of nitrogens with zero attached hydrogens (tertiary/aromatic N) is 1. The Morgan fingerprint density at radius 2 is 2.00 bits per heavy atom. The van der Waals surface area contributed by atoms with E-state index in [1.165, 1.54) is 49.3 Å². The Morgan fingerprint density at radius 3 is 2.85 bits per heavy atom. The van der Waals surface area contributed by atoms with Crippen molar-refractivity contribution in [3.63, 3.8) is 0 Å². The van der Waals surface area contributed by atoms with Crippen molar-refractivity contribution >= 4 is 32.5 Å². The molecule has 0 unspecified atom stereocenters. The van der Waals surface area contributed by atoms with E-state index in [9.17, 15) is 0 Å². The molecule has 20 heavy (non-hydrogen) atoms. The summed E-state index contributed by atoms with van der Waals surface area (Å²) in [4.78, 5) is 4.49. The van der Waals surface area contributed by atoms with Crippen LogP contribution in [-0.4, -0.2) is 11.5 Å². The predicted molar refractivity (Wildman–Crippen MR) is 89.1 cm³/mol. The Hall–Kier alpha value is -1.09. The van der Waals surface area contributed by atoms with Crippen LogP contribution in [0, 0.1) is 5.92 Å². The lowest BCUT2D eigenvalue weighted by atomic mass is 10.0. The molecule has 1 N–H and O–H groups in total. The third-order valence-corrected chi connectivity index (χ3v) is 5.00. The third-order valence-electron chi connectivity index (χ3n) is 4.31. The SMILES string of the molecule is Brc1cccc2c(NCCCC3CCCC3)nccc12. The molecule has 106 valence electrons. The first-order valence-corrected chi connectivity index (χ1v) is 8.41. The van der Waals surface area contributed by atoms with E-state index in [1.54, 1.807) is 0 Å². The van der Waals surface area contributed by atoms with Crippen LogP contribution in [0.15, 0.2) is 34.9 Å². The minimum atomic E-state index is 0.978. The van der Waals surface area contributed by atoms with Crippen molar-refractivity contribution in [2.45, 2.75) is 38.5 Å². The number of hydrogen-bond donors (Lipinski definition) is 1. The van der Waals surface area contributed by atoms with Gasteiger partial charge in [0.1, 0.15) is 5.82 Å². The van der Waals surface area contributed by atoms with Gasteiger partial charge in [0, 0.05) is 28.0 Å². The number of hydrogen-bond acceptors (Lipinski definition) is 2. The maximum atomic E-state index is 4.49. The highest BCUT2D eigenvalue weighted by atomic mass is 79.9. The highest BCUT2D eigenvalue weighted by Crippen LogP contribution is 2.29. The molecule has 3 rings (SSSR count). The summed E-state index contributed by atoms with van der Waals surface area (Å²) in [5.41, 5.74) is 0. The molecule has 0 aliphatic heterocycles. The molecule has 1 aromatic carbocycles. The van der Waals surface area contributed by atoms with Gasteiger partial charge in [-0.05, 0) is 30.9 Å². The molecule has 0 bridgehead atoms. The molecular weight excluding hydrogens is 312 g/mol. The van der Waals surface area contributed by atoms with Crippen molar-refractivity contribution in [3.8, 4) is 0 Å². The number of nitrogens with one attached hydrogen (secondary N) is 1. The summed E-state index contributed by atoms with van der Waals surface area (Å²) in [5, 5.41) is 5.93. The molecule has 0 atom stereocenters. The fraction of sp³-hybridized carbons (Fsp3) is 0.471. The second-order valence-corrected chi connectivity index (χ2v) is 6.57. The quantitative estimate of drug-likeness (QED) is 0.743. The number of aromatic nitrogens is 1. The number of fused-ring (bicyclic) bond motifs is 1. The third kappa shape index (κ3) is 3.14. The molecule has 0 amide bonds. The number of benzene rings is 1. The van der Waals surface area contributed by atoms with Gasteiger partial charge in [-0.25, -0.2) is 4.98 Å². The molecule has 1 aromatic heterocycles. The summed E-state index contributed by atoms with van der Waals surface area (Å²) >= 11 is 3.60. The standard InChI is InChI=1S/C17H21BrN2/c18-16-9-3-8-15-14(16)10-12-20-17(15)19-11-4-7-13-5-1-2-6-13/h3,8-10,12-13H,1-2,4-7,11H2,(H,19,20). The zero-order valence-electron chi connectivity index (χ0n) is 11.7.